The van der Waals surface area contributed by atoms with Crippen molar-refractivity contribution in [3.63, 3.8) is 0 Å². The predicted molar refractivity (Wildman–Crippen MR) is 116 cm³/mol. The monoisotopic (exact) mass is 384 g/mol. The summed E-state index contributed by atoms with van der Waals surface area (Å²) in [6.45, 7) is 3.07. The lowest BCUT2D eigenvalue weighted by Crippen LogP contribution is -2.47. The van der Waals surface area contributed by atoms with Gasteiger partial charge in [-0.25, -0.2) is 9.37 Å². The van der Waals surface area contributed by atoms with E-state index < -0.39 is 0 Å². The highest BCUT2D eigenvalue weighted by molar-refractivity contribution is 5.86. The number of fused-ring (bicyclic) bond motifs is 1. The molecule has 4 nitrogen and oxygen atoms in total. The molecule has 0 atom stereocenters. The third-order valence-corrected chi connectivity index (χ3v) is 5.46. The van der Waals surface area contributed by atoms with Crippen molar-refractivity contribution in [2.24, 2.45) is 0 Å². The predicted octanol–water partition coefficient (Wildman–Crippen LogP) is 4.76. The summed E-state index contributed by atoms with van der Waals surface area (Å²) in [6, 6.07) is 21.6. The molecule has 144 valence electrons. The smallest absolute Gasteiger partial charge is 0.147 e. The zero-order chi connectivity index (χ0) is 19.6. The van der Waals surface area contributed by atoms with Crippen LogP contribution in [-0.2, 0) is 0 Å². The fourth-order valence-electron chi connectivity index (χ4n) is 3.88. The molecular formula is C24H21FN4. The van der Waals surface area contributed by atoms with Crippen LogP contribution in [-0.4, -0.2) is 36.1 Å². The molecular weight excluding hydrogens is 363 g/mol. The van der Waals surface area contributed by atoms with Crippen LogP contribution in [0.5, 0.6) is 0 Å². The number of benzene rings is 3. The number of halogens is 1. The normalized spacial score (nSPS) is 14.4. The standard InChI is InChI=1S/C24H21FN4/c25-21-7-3-4-8-23(21)28-11-13-29(14-12-28)24-17-26-16-22(27-24)20-10-9-18-5-1-2-6-19(18)15-20/h1-10,15-17H,11-14H2. The largest absolute Gasteiger partial charge is 0.366 e. The van der Waals surface area contributed by atoms with Crippen LogP contribution in [0.15, 0.2) is 79.1 Å². The van der Waals surface area contributed by atoms with Gasteiger partial charge in [0.2, 0.25) is 0 Å². The topological polar surface area (TPSA) is 32.3 Å². The molecule has 1 aliphatic rings. The highest BCUT2D eigenvalue weighted by Crippen LogP contribution is 2.25. The van der Waals surface area contributed by atoms with Gasteiger partial charge in [0.15, 0.2) is 0 Å². The van der Waals surface area contributed by atoms with Gasteiger partial charge in [-0.3, -0.25) is 4.98 Å². The van der Waals surface area contributed by atoms with Gasteiger partial charge in [-0.15, -0.1) is 0 Å². The van der Waals surface area contributed by atoms with E-state index in [2.05, 4.69) is 45.1 Å². The SMILES string of the molecule is Fc1ccccc1N1CCN(c2cncc(-c3ccc4ccccc4c3)n2)CC1. The lowest BCUT2D eigenvalue weighted by molar-refractivity contribution is 0.596. The number of aromatic nitrogens is 2. The highest BCUT2D eigenvalue weighted by atomic mass is 19.1. The van der Waals surface area contributed by atoms with Crippen LogP contribution < -0.4 is 9.80 Å². The molecule has 1 aromatic heterocycles. The molecule has 0 spiro atoms. The quantitative estimate of drug-likeness (QED) is 0.510. The Hall–Kier alpha value is -3.47. The van der Waals surface area contributed by atoms with Gasteiger partial charge in [-0.1, -0.05) is 48.5 Å². The fourth-order valence-corrected chi connectivity index (χ4v) is 3.88. The van der Waals surface area contributed by atoms with Crippen LogP contribution in [0.1, 0.15) is 0 Å². The molecule has 0 amide bonds. The first kappa shape index (κ1) is 17.6. The number of anilines is 2. The second-order valence-electron chi connectivity index (χ2n) is 7.25. The Morgan fingerprint density at radius 3 is 2.28 bits per heavy atom. The van der Waals surface area contributed by atoms with Crippen molar-refractivity contribution >= 4 is 22.3 Å². The van der Waals surface area contributed by atoms with Crippen molar-refractivity contribution in [1.82, 2.24) is 9.97 Å². The number of nitrogens with zero attached hydrogens (tertiary/aromatic N) is 4. The van der Waals surface area contributed by atoms with Crippen molar-refractivity contribution < 1.29 is 4.39 Å². The van der Waals surface area contributed by atoms with E-state index in [-0.39, 0.29) is 5.82 Å². The summed E-state index contributed by atoms with van der Waals surface area (Å²) in [4.78, 5) is 13.6. The van der Waals surface area contributed by atoms with Gasteiger partial charge >= 0.3 is 0 Å². The number of rotatable bonds is 3. The van der Waals surface area contributed by atoms with Gasteiger partial charge in [0.05, 0.1) is 23.8 Å². The molecule has 1 aliphatic heterocycles. The third-order valence-electron chi connectivity index (χ3n) is 5.46. The van der Waals surface area contributed by atoms with Crippen LogP contribution in [0, 0.1) is 5.82 Å². The summed E-state index contributed by atoms with van der Waals surface area (Å²) >= 11 is 0. The number of para-hydroxylation sites is 1. The first-order valence-electron chi connectivity index (χ1n) is 9.83. The van der Waals surface area contributed by atoms with Crippen molar-refractivity contribution in [1.29, 1.82) is 0 Å². The second kappa shape index (κ2) is 7.51. The summed E-state index contributed by atoms with van der Waals surface area (Å²) < 4.78 is 14.1. The van der Waals surface area contributed by atoms with Crippen molar-refractivity contribution in [2.45, 2.75) is 0 Å². The lowest BCUT2D eigenvalue weighted by Gasteiger charge is -2.36. The zero-order valence-electron chi connectivity index (χ0n) is 16.0. The maximum absolute atomic E-state index is 14.1. The van der Waals surface area contributed by atoms with E-state index in [1.165, 1.54) is 16.8 Å². The van der Waals surface area contributed by atoms with E-state index >= 15 is 0 Å². The van der Waals surface area contributed by atoms with E-state index in [9.17, 15) is 4.39 Å². The number of hydrogen-bond donors (Lipinski definition) is 0. The Balaban J connectivity index is 1.35. The Labute approximate surface area is 169 Å². The molecule has 0 saturated carbocycles. The van der Waals surface area contributed by atoms with Gasteiger partial charge in [0.25, 0.3) is 0 Å². The zero-order valence-corrected chi connectivity index (χ0v) is 16.0. The fraction of sp³-hybridized carbons (Fsp3) is 0.167. The number of hydrogen-bond acceptors (Lipinski definition) is 4. The van der Waals surface area contributed by atoms with E-state index in [0.717, 1.165) is 43.3 Å². The summed E-state index contributed by atoms with van der Waals surface area (Å²) in [7, 11) is 0. The first-order chi connectivity index (χ1) is 14.3. The van der Waals surface area contributed by atoms with Crippen LogP contribution in [0.25, 0.3) is 22.0 Å². The van der Waals surface area contributed by atoms with Gasteiger partial charge < -0.3 is 9.80 Å². The van der Waals surface area contributed by atoms with Crippen molar-refractivity contribution in [2.75, 3.05) is 36.0 Å². The molecule has 1 fully saturated rings. The molecule has 0 aliphatic carbocycles. The molecule has 0 N–H and O–H groups in total. The minimum atomic E-state index is -0.168. The maximum atomic E-state index is 14.1. The Kier molecular flexibility index (Phi) is 4.56. The van der Waals surface area contributed by atoms with E-state index in [1.54, 1.807) is 6.07 Å². The lowest BCUT2D eigenvalue weighted by atomic mass is 10.1. The van der Waals surface area contributed by atoms with E-state index in [1.807, 2.05) is 36.7 Å². The van der Waals surface area contributed by atoms with Gasteiger partial charge in [0, 0.05) is 31.7 Å². The summed E-state index contributed by atoms with van der Waals surface area (Å²) in [5, 5.41) is 2.40. The average molecular weight is 384 g/mol. The van der Waals surface area contributed by atoms with Crippen LogP contribution >= 0.6 is 0 Å². The number of piperazine rings is 1. The van der Waals surface area contributed by atoms with Crippen LogP contribution in [0.2, 0.25) is 0 Å². The van der Waals surface area contributed by atoms with Gasteiger partial charge in [-0.05, 0) is 29.0 Å². The average Bonchev–Trinajstić information content (AvgIpc) is 2.79. The molecule has 0 unspecified atom stereocenters. The minimum absolute atomic E-state index is 0.168. The molecule has 5 rings (SSSR count). The van der Waals surface area contributed by atoms with Crippen LogP contribution in [0.4, 0.5) is 15.9 Å². The van der Waals surface area contributed by atoms with Crippen molar-refractivity contribution in [3.05, 3.63) is 84.9 Å². The second-order valence-corrected chi connectivity index (χ2v) is 7.25. The minimum Gasteiger partial charge on any atom is -0.366 e. The molecule has 0 bridgehead atoms. The summed E-state index contributed by atoms with van der Waals surface area (Å²) in [5.74, 6) is 0.697. The van der Waals surface area contributed by atoms with E-state index in [0.29, 0.717) is 5.69 Å². The molecule has 29 heavy (non-hydrogen) atoms. The Bertz CT molecular complexity index is 1150. The summed E-state index contributed by atoms with van der Waals surface area (Å²) in [6.07, 6.45) is 3.62. The molecule has 1 saturated heterocycles. The third kappa shape index (κ3) is 3.51. The molecule has 5 heteroatoms. The Morgan fingerprint density at radius 2 is 1.45 bits per heavy atom. The van der Waals surface area contributed by atoms with Gasteiger partial charge in [0.1, 0.15) is 11.6 Å². The molecule has 4 aromatic rings. The highest BCUT2D eigenvalue weighted by Gasteiger charge is 2.20. The summed E-state index contributed by atoms with van der Waals surface area (Å²) in [5.41, 5.74) is 2.59. The van der Waals surface area contributed by atoms with Gasteiger partial charge in [-0.2, -0.15) is 0 Å². The maximum Gasteiger partial charge on any atom is 0.147 e. The molecule has 2 heterocycles. The molecule has 3 aromatic carbocycles. The Morgan fingerprint density at radius 1 is 0.724 bits per heavy atom. The van der Waals surface area contributed by atoms with Crippen molar-refractivity contribution in [3.8, 4) is 11.3 Å². The van der Waals surface area contributed by atoms with Crippen LogP contribution in [0.3, 0.4) is 0 Å². The molecule has 0 radical (unpaired) electrons. The first-order valence-corrected chi connectivity index (χ1v) is 9.83. The van der Waals surface area contributed by atoms with E-state index in [4.69, 9.17) is 4.98 Å².